The third kappa shape index (κ3) is 4.69. The number of halogens is 1. The second-order valence-corrected chi connectivity index (χ2v) is 9.52. The number of anilines is 1. The second kappa shape index (κ2) is 8.79. The van der Waals surface area contributed by atoms with Gasteiger partial charge in [0.15, 0.2) is 0 Å². The molecule has 3 aromatic carbocycles. The highest BCUT2D eigenvalue weighted by molar-refractivity contribution is 7.98. The summed E-state index contributed by atoms with van der Waals surface area (Å²) in [5.41, 5.74) is 7.31. The van der Waals surface area contributed by atoms with Gasteiger partial charge in [-0.3, -0.25) is 0 Å². The highest BCUT2D eigenvalue weighted by atomic mass is 35.5. The van der Waals surface area contributed by atoms with Crippen LogP contribution in [0, 0.1) is 0 Å². The zero-order valence-electron chi connectivity index (χ0n) is 17.5. The van der Waals surface area contributed by atoms with Gasteiger partial charge in [0.05, 0.1) is 12.6 Å². The number of methoxy groups -OCH3 is 1. The van der Waals surface area contributed by atoms with Crippen LogP contribution in [0.5, 0.6) is 5.75 Å². The molecule has 0 atom stereocenters. The van der Waals surface area contributed by atoms with Crippen molar-refractivity contribution in [2.24, 2.45) is 0 Å². The fraction of sp³-hybridized carbons (Fsp3) is 0.231. The van der Waals surface area contributed by atoms with Gasteiger partial charge in [-0.05, 0) is 60.9 Å². The lowest BCUT2D eigenvalue weighted by molar-refractivity contribution is 0.416. The smallest absolute Gasteiger partial charge is 0.126 e. The Labute approximate surface area is 188 Å². The summed E-state index contributed by atoms with van der Waals surface area (Å²) in [4.78, 5) is 0. The summed E-state index contributed by atoms with van der Waals surface area (Å²) in [7, 11) is 1.72. The Morgan fingerprint density at radius 3 is 2.47 bits per heavy atom. The topological polar surface area (TPSA) is 21.3 Å². The maximum absolute atomic E-state index is 6.01. The highest BCUT2D eigenvalue weighted by Gasteiger charge is 2.24. The Balaban J connectivity index is 1.61. The van der Waals surface area contributed by atoms with E-state index in [1.807, 2.05) is 36.0 Å². The molecule has 1 aliphatic heterocycles. The van der Waals surface area contributed by atoms with E-state index in [1.165, 1.54) is 28.0 Å². The molecule has 30 heavy (non-hydrogen) atoms. The predicted molar refractivity (Wildman–Crippen MR) is 132 cm³/mol. The highest BCUT2D eigenvalue weighted by Crippen LogP contribution is 2.40. The predicted octanol–water partition coefficient (Wildman–Crippen LogP) is 7.54. The molecule has 0 unspecified atom stereocenters. The third-order valence-corrected chi connectivity index (χ3v) is 6.52. The van der Waals surface area contributed by atoms with Crippen molar-refractivity contribution in [1.82, 2.24) is 0 Å². The van der Waals surface area contributed by atoms with Crippen LogP contribution in [0.2, 0.25) is 5.02 Å². The van der Waals surface area contributed by atoms with E-state index in [0.29, 0.717) is 0 Å². The van der Waals surface area contributed by atoms with Crippen molar-refractivity contribution in [2.75, 3.05) is 18.2 Å². The molecule has 154 valence electrons. The van der Waals surface area contributed by atoms with Gasteiger partial charge in [-0.15, -0.1) is 0 Å². The SMILES string of the molecule is COc1ccccc1-c1ccc2c(c1)C(CSCc1ccc(Cl)cc1)=CC(C)(C)N2. The van der Waals surface area contributed by atoms with Crippen LogP contribution in [-0.4, -0.2) is 18.4 Å². The van der Waals surface area contributed by atoms with E-state index in [2.05, 4.69) is 67.7 Å². The molecule has 0 radical (unpaired) electrons. The van der Waals surface area contributed by atoms with Gasteiger partial charge in [0.25, 0.3) is 0 Å². The molecule has 4 rings (SSSR count). The Kier molecular flexibility index (Phi) is 6.12. The van der Waals surface area contributed by atoms with E-state index in [1.54, 1.807) is 7.11 Å². The molecule has 0 saturated heterocycles. The van der Waals surface area contributed by atoms with Crippen LogP contribution >= 0.6 is 23.4 Å². The van der Waals surface area contributed by atoms with Crippen molar-refractivity contribution in [3.05, 3.63) is 89.0 Å². The molecule has 0 amide bonds. The number of fused-ring (bicyclic) bond motifs is 1. The van der Waals surface area contributed by atoms with Crippen LogP contribution in [0.3, 0.4) is 0 Å². The van der Waals surface area contributed by atoms with Gasteiger partial charge in [-0.1, -0.05) is 54.1 Å². The van der Waals surface area contributed by atoms with Crippen LogP contribution in [0.4, 0.5) is 5.69 Å². The van der Waals surface area contributed by atoms with Gasteiger partial charge in [0.1, 0.15) is 5.75 Å². The number of para-hydroxylation sites is 1. The number of thioether (sulfide) groups is 1. The van der Waals surface area contributed by atoms with Crippen molar-refractivity contribution >= 4 is 34.6 Å². The zero-order valence-corrected chi connectivity index (χ0v) is 19.1. The second-order valence-electron chi connectivity index (χ2n) is 8.10. The maximum Gasteiger partial charge on any atom is 0.126 e. The summed E-state index contributed by atoms with van der Waals surface area (Å²) in [6.45, 7) is 4.43. The first-order valence-electron chi connectivity index (χ1n) is 10.0. The molecule has 2 nitrogen and oxygen atoms in total. The molecule has 0 aliphatic carbocycles. The Morgan fingerprint density at radius 2 is 1.70 bits per heavy atom. The molecule has 4 heteroatoms. The van der Waals surface area contributed by atoms with E-state index in [9.17, 15) is 0 Å². The van der Waals surface area contributed by atoms with Crippen molar-refractivity contribution in [3.8, 4) is 16.9 Å². The number of rotatable bonds is 6. The summed E-state index contributed by atoms with van der Waals surface area (Å²) < 4.78 is 5.58. The fourth-order valence-corrected chi connectivity index (χ4v) is 4.96. The van der Waals surface area contributed by atoms with E-state index in [0.717, 1.165) is 27.8 Å². The van der Waals surface area contributed by atoms with Crippen LogP contribution in [-0.2, 0) is 5.75 Å². The molecule has 3 aromatic rings. The van der Waals surface area contributed by atoms with Crippen molar-refractivity contribution < 1.29 is 4.74 Å². The van der Waals surface area contributed by atoms with Gasteiger partial charge < -0.3 is 10.1 Å². The minimum Gasteiger partial charge on any atom is -0.496 e. The van der Waals surface area contributed by atoms with Gasteiger partial charge >= 0.3 is 0 Å². The molecular weight excluding hydrogens is 410 g/mol. The monoisotopic (exact) mass is 435 g/mol. The fourth-order valence-electron chi connectivity index (χ4n) is 3.84. The largest absolute Gasteiger partial charge is 0.496 e. The van der Waals surface area contributed by atoms with Gasteiger partial charge in [0.2, 0.25) is 0 Å². The average Bonchev–Trinajstić information content (AvgIpc) is 2.74. The third-order valence-electron chi connectivity index (χ3n) is 5.21. The van der Waals surface area contributed by atoms with Crippen LogP contribution in [0.25, 0.3) is 16.7 Å². The van der Waals surface area contributed by atoms with Crippen molar-refractivity contribution in [1.29, 1.82) is 0 Å². The Morgan fingerprint density at radius 1 is 0.933 bits per heavy atom. The van der Waals surface area contributed by atoms with Gasteiger partial charge in [-0.2, -0.15) is 11.8 Å². The van der Waals surface area contributed by atoms with Crippen LogP contribution < -0.4 is 10.1 Å². The lowest BCUT2D eigenvalue weighted by Crippen LogP contribution is -2.32. The van der Waals surface area contributed by atoms with E-state index in [4.69, 9.17) is 16.3 Å². The minimum atomic E-state index is -0.0743. The number of benzene rings is 3. The molecule has 0 spiro atoms. The first-order valence-corrected chi connectivity index (χ1v) is 11.6. The minimum absolute atomic E-state index is 0.0743. The normalized spacial score (nSPS) is 14.5. The first-order chi connectivity index (χ1) is 14.4. The van der Waals surface area contributed by atoms with Gasteiger partial charge in [0, 0.05) is 33.3 Å². The average molecular weight is 436 g/mol. The van der Waals surface area contributed by atoms with Crippen molar-refractivity contribution in [2.45, 2.75) is 25.1 Å². The number of nitrogens with one attached hydrogen (secondary N) is 1. The molecule has 0 aromatic heterocycles. The quantitative estimate of drug-likeness (QED) is 0.432. The first kappa shape index (κ1) is 20.9. The summed E-state index contributed by atoms with van der Waals surface area (Å²) >= 11 is 7.94. The zero-order chi connectivity index (χ0) is 21.1. The molecule has 0 saturated carbocycles. The molecule has 1 aliphatic rings. The Bertz CT molecular complexity index is 1070. The molecule has 1 N–H and O–H groups in total. The molecular formula is C26H26ClNOS. The Hall–Kier alpha value is -2.36. The number of hydrogen-bond donors (Lipinski definition) is 1. The standard InChI is InChI=1S/C26H26ClNOS/c1-26(2)15-20(17-30-16-18-8-11-21(27)12-9-18)23-14-19(10-13-24(23)28-26)22-6-4-5-7-25(22)29-3/h4-15,28H,16-17H2,1-3H3. The summed E-state index contributed by atoms with van der Waals surface area (Å²) in [5.74, 6) is 2.81. The van der Waals surface area contributed by atoms with Crippen LogP contribution in [0.1, 0.15) is 25.0 Å². The van der Waals surface area contributed by atoms with Crippen molar-refractivity contribution in [3.63, 3.8) is 0 Å². The number of ether oxygens (including phenoxy) is 1. The maximum atomic E-state index is 6.01. The number of hydrogen-bond acceptors (Lipinski definition) is 3. The lowest BCUT2D eigenvalue weighted by Gasteiger charge is -2.32. The molecule has 0 bridgehead atoms. The van der Waals surface area contributed by atoms with Gasteiger partial charge in [-0.25, -0.2) is 0 Å². The van der Waals surface area contributed by atoms with E-state index < -0.39 is 0 Å². The summed E-state index contributed by atoms with van der Waals surface area (Å²) in [6, 6.07) is 22.9. The summed E-state index contributed by atoms with van der Waals surface area (Å²) in [6.07, 6.45) is 2.36. The van der Waals surface area contributed by atoms with Crippen LogP contribution in [0.15, 0.2) is 72.8 Å². The van der Waals surface area contributed by atoms with E-state index in [-0.39, 0.29) is 5.54 Å². The lowest BCUT2D eigenvalue weighted by atomic mass is 9.89. The van der Waals surface area contributed by atoms with E-state index >= 15 is 0 Å². The molecule has 0 fully saturated rings. The molecule has 1 heterocycles. The summed E-state index contributed by atoms with van der Waals surface area (Å²) in [5, 5.41) is 4.44.